The molecule has 0 saturated carbocycles. The standard InChI is InChI=1S/C21H17ClN4O5S/c1-26-19(16-9-11-4-3-5-15(30-2)18(11)31-16)24-25-21(26)32-10-17(27)23-14-8-12(20(28)29)6-7-13(14)22/h3-9H,10H2,1-2H3,(H,23,27)(H,28,29). The predicted molar refractivity (Wildman–Crippen MR) is 121 cm³/mol. The molecule has 2 heterocycles. The zero-order valence-corrected chi connectivity index (χ0v) is 18.5. The van der Waals surface area contributed by atoms with E-state index in [-0.39, 0.29) is 27.9 Å². The van der Waals surface area contributed by atoms with Gasteiger partial charge in [-0.1, -0.05) is 35.5 Å². The van der Waals surface area contributed by atoms with Gasteiger partial charge in [0, 0.05) is 12.4 Å². The molecule has 0 radical (unpaired) electrons. The molecule has 0 fully saturated rings. The number of carboxylic acids is 1. The Bertz CT molecular complexity index is 1330. The average Bonchev–Trinajstić information content (AvgIpc) is 3.36. The van der Waals surface area contributed by atoms with Gasteiger partial charge in [-0.3, -0.25) is 4.79 Å². The summed E-state index contributed by atoms with van der Waals surface area (Å²) < 4.78 is 13.0. The van der Waals surface area contributed by atoms with Crippen LogP contribution < -0.4 is 10.1 Å². The highest BCUT2D eigenvalue weighted by atomic mass is 35.5. The molecule has 0 bridgehead atoms. The summed E-state index contributed by atoms with van der Waals surface area (Å²) in [7, 11) is 3.34. The summed E-state index contributed by atoms with van der Waals surface area (Å²) in [4.78, 5) is 23.5. The van der Waals surface area contributed by atoms with E-state index in [1.165, 1.54) is 30.0 Å². The molecule has 11 heteroatoms. The Morgan fingerprint density at radius 1 is 1.25 bits per heavy atom. The zero-order chi connectivity index (χ0) is 22.8. The summed E-state index contributed by atoms with van der Waals surface area (Å²) in [6.45, 7) is 0. The number of hydrogen-bond donors (Lipinski definition) is 2. The van der Waals surface area contributed by atoms with E-state index < -0.39 is 5.97 Å². The first kappa shape index (κ1) is 21.7. The van der Waals surface area contributed by atoms with Crippen molar-refractivity contribution >= 4 is 51.9 Å². The highest BCUT2D eigenvalue weighted by Crippen LogP contribution is 2.33. The number of fused-ring (bicyclic) bond motifs is 1. The maximum absolute atomic E-state index is 12.4. The van der Waals surface area contributed by atoms with Crippen molar-refractivity contribution in [2.24, 2.45) is 7.05 Å². The Balaban J connectivity index is 1.47. The lowest BCUT2D eigenvalue weighted by atomic mass is 10.2. The number of amides is 1. The van der Waals surface area contributed by atoms with Gasteiger partial charge in [0.05, 0.1) is 29.1 Å². The molecular weight excluding hydrogens is 456 g/mol. The van der Waals surface area contributed by atoms with Gasteiger partial charge in [-0.05, 0) is 30.3 Å². The number of furan rings is 1. The largest absolute Gasteiger partial charge is 0.493 e. The Morgan fingerprint density at radius 2 is 2.06 bits per heavy atom. The number of nitrogens with zero attached hydrogens (tertiary/aromatic N) is 3. The van der Waals surface area contributed by atoms with Crippen molar-refractivity contribution in [2.75, 3.05) is 18.2 Å². The number of aromatic carboxylic acids is 1. The topological polar surface area (TPSA) is 119 Å². The first-order valence-electron chi connectivity index (χ1n) is 9.29. The minimum absolute atomic E-state index is 0.0214. The van der Waals surface area contributed by atoms with Crippen molar-refractivity contribution in [3.05, 3.63) is 53.1 Å². The lowest BCUT2D eigenvalue weighted by molar-refractivity contribution is -0.113. The van der Waals surface area contributed by atoms with Crippen LogP contribution in [0.15, 0.2) is 52.0 Å². The number of ether oxygens (including phenoxy) is 1. The molecule has 0 aliphatic heterocycles. The lowest BCUT2D eigenvalue weighted by Gasteiger charge is -2.08. The quantitative estimate of drug-likeness (QED) is 0.381. The van der Waals surface area contributed by atoms with Crippen LogP contribution in [0.1, 0.15) is 10.4 Å². The lowest BCUT2D eigenvalue weighted by Crippen LogP contribution is -2.15. The number of nitrogens with one attached hydrogen (secondary N) is 1. The van der Waals surface area contributed by atoms with E-state index in [1.54, 1.807) is 18.7 Å². The van der Waals surface area contributed by atoms with Crippen molar-refractivity contribution in [1.29, 1.82) is 0 Å². The number of aromatic nitrogens is 3. The molecular formula is C21H17ClN4O5S. The maximum Gasteiger partial charge on any atom is 0.335 e. The summed E-state index contributed by atoms with van der Waals surface area (Å²) in [5, 5.41) is 21.7. The van der Waals surface area contributed by atoms with Gasteiger partial charge >= 0.3 is 5.97 Å². The molecule has 1 amide bonds. The molecule has 4 rings (SSSR count). The van der Waals surface area contributed by atoms with Gasteiger partial charge in [-0.2, -0.15) is 0 Å². The number of rotatable bonds is 7. The molecule has 2 N–H and O–H groups in total. The van der Waals surface area contributed by atoms with E-state index in [0.717, 1.165) is 5.39 Å². The van der Waals surface area contributed by atoms with Crippen molar-refractivity contribution in [2.45, 2.75) is 5.16 Å². The van der Waals surface area contributed by atoms with Crippen LogP contribution in [0.2, 0.25) is 5.02 Å². The van der Waals surface area contributed by atoms with Gasteiger partial charge in [-0.15, -0.1) is 10.2 Å². The molecule has 0 aliphatic rings. The molecule has 0 aliphatic carbocycles. The second-order valence-electron chi connectivity index (χ2n) is 6.69. The first-order chi connectivity index (χ1) is 15.4. The number of thioether (sulfide) groups is 1. The van der Waals surface area contributed by atoms with Crippen LogP contribution >= 0.6 is 23.4 Å². The first-order valence-corrected chi connectivity index (χ1v) is 10.7. The Kier molecular flexibility index (Phi) is 6.06. The van der Waals surface area contributed by atoms with Gasteiger partial charge in [-0.25, -0.2) is 4.79 Å². The number of carbonyl (C=O) groups is 2. The molecule has 32 heavy (non-hydrogen) atoms. The van der Waals surface area contributed by atoms with E-state index in [0.29, 0.717) is 28.1 Å². The van der Waals surface area contributed by atoms with Crippen LogP contribution in [-0.4, -0.2) is 44.6 Å². The Morgan fingerprint density at radius 3 is 2.81 bits per heavy atom. The number of carbonyl (C=O) groups excluding carboxylic acids is 1. The molecule has 0 spiro atoms. The number of hydrogen-bond acceptors (Lipinski definition) is 7. The fourth-order valence-electron chi connectivity index (χ4n) is 3.03. The number of halogens is 1. The van der Waals surface area contributed by atoms with Crippen LogP contribution in [0.25, 0.3) is 22.6 Å². The third-order valence-corrected chi connectivity index (χ3v) is 5.95. The van der Waals surface area contributed by atoms with Crippen LogP contribution in [0.3, 0.4) is 0 Å². The minimum atomic E-state index is -1.11. The monoisotopic (exact) mass is 472 g/mol. The Labute approximate surface area is 191 Å². The molecule has 0 atom stereocenters. The third kappa shape index (κ3) is 4.27. The van der Waals surface area contributed by atoms with Crippen molar-refractivity contribution in [1.82, 2.24) is 14.8 Å². The van der Waals surface area contributed by atoms with Crippen LogP contribution in [0.4, 0.5) is 5.69 Å². The van der Waals surface area contributed by atoms with E-state index in [4.69, 9.17) is 25.9 Å². The summed E-state index contributed by atoms with van der Waals surface area (Å²) in [6, 6.07) is 11.5. The summed E-state index contributed by atoms with van der Waals surface area (Å²) in [6.07, 6.45) is 0. The van der Waals surface area contributed by atoms with E-state index >= 15 is 0 Å². The average molecular weight is 473 g/mol. The molecule has 2 aromatic heterocycles. The van der Waals surface area contributed by atoms with Gasteiger partial charge in [0.25, 0.3) is 0 Å². The van der Waals surface area contributed by atoms with Crippen molar-refractivity contribution < 1.29 is 23.8 Å². The third-order valence-electron chi connectivity index (χ3n) is 4.60. The van der Waals surface area contributed by atoms with Crippen LogP contribution in [-0.2, 0) is 11.8 Å². The SMILES string of the molecule is COc1cccc2cc(-c3nnc(SCC(=O)Nc4cc(C(=O)O)ccc4Cl)n3C)oc12. The summed E-state index contributed by atoms with van der Waals surface area (Å²) >= 11 is 7.23. The summed E-state index contributed by atoms with van der Waals surface area (Å²) in [5.74, 6) is 0.191. The second kappa shape index (κ2) is 8.93. The Hall–Kier alpha value is -3.50. The fourth-order valence-corrected chi connectivity index (χ4v) is 3.91. The highest BCUT2D eigenvalue weighted by molar-refractivity contribution is 7.99. The van der Waals surface area contributed by atoms with E-state index in [1.807, 2.05) is 24.3 Å². The van der Waals surface area contributed by atoms with E-state index in [2.05, 4.69) is 15.5 Å². The van der Waals surface area contributed by atoms with Gasteiger partial charge < -0.3 is 24.1 Å². The fraction of sp³-hybridized carbons (Fsp3) is 0.143. The maximum atomic E-state index is 12.4. The van der Waals surface area contributed by atoms with Gasteiger partial charge in [0.2, 0.25) is 5.91 Å². The number of methoxy groups -OCH3 is 1. The molecule has 4 aromatic rings. The predicted octanol–water partition coefficient (Wildman–Crippen LogP) is 4.32. The minimum Gasteiger partial charge on any atom is -0.493 e. The second-order valence-corrected chi connectivity index (χ2v) is 8.04. The normalized spacial score (nSPS) is 11.0. The molecule has 164 valence electrons. The number of carboxylic acid groups (broad SMARTS) is 1. The smallest absolute Gasteiger partial charge is 0.335 e. The number of anilines is 1. The van der Waals surface area contributed by atoms with E-state index in [9.17, 15) is 9.59 Å². The highest BCUT2D eigenvalue weighted by Gasteiger charge is 2.18. The summed E-state index contributed by atoms with van der Waals surface area (Å²) in [5.41, 5.74) is 0.867. The van der Waals surface area contributed by atoms with Gasteiger partial charge in [0.15, 0.2) is 28.1 Å². The zero-order valence-electron chi connectivity index (χ0n) is 17.0. The van der Waals surface area contributed by atoms with Crippen molar-refractivity contribution in [3.63, 3.8) is 0 Å². The molecule has 0 saturated heterocycles. The molecule has 9 nitrogen and oxygen atoms in total. The van der Waals surface area contributed by atoms with Crippen LogP contribution in [0, 0.1) is 0 Å². The van der Waals surface area contributed by atoms with Crippen LogP contribution in [0.5, 0.6) is 5.75 Å². The number of para-hydroxylation sites is 1. The number of benzene rings is 2. The van der Waals surface area contributed by atoms with Gasteiger partial charge in [0.1, 0.15) is 0 Å². The molecule has 2 aromatic carbocycles. The van der Waals surface area contributed by atoms with Crippen molar-refractivity contribution in [3.8, 4) is 17.3 Å². The molecule has 0 unspecified atom stereocenters.